The zero-order chi connectivity index (χ0) is 18.2. The summed E-state index contributed by atoms with van der Waals surface area (Å²) in [4.78, 5) is 14.7. The molecule has 2 fully saturated rings. The standard InChI is InChI=1S/C21H24N4O2/c26-21(17-9-16-3-1-2-4-19(16)27-13-17)22-10-14-11-25(12-14)20-8-7-18(23-24-20)15-5-6-15/h1-4,7-8,14-15,17H,5-6,9-13H2,(H,22,26). The fourth-order valence-electron chi connectivity index (χ4n) is 3.87. The normalized spacial score (nSPS) is 21.8. The molecule has 2 aromatic rings. The molecule has 1 atom stereocenters. The first-order valence-corrected chi connectivity index (χ1v) is 9.83. The summed E-state index contributed by atoms with van der Waals surface area (Å²) in [7, 11) is 0. The monoisotopic (exact) mass is 364 g/mol. The number of benzene rings is 1. The number of amides is 1. The minimum absolute atomic E-state index is 0.0940. The van der Waals surface area contributed by atoms with Gasteiger partial charge in [0.05, 0.1) is 11.6 Å². The smallest absolute Gasteiger partial charge is 0.226 e. The van der Waals surface area contributed by atoms with Crippen molar-refractivity contribution in [3.63, 3.8) is 0 Å². The van der Waals surface area contributed by atoms with E-state index < -0.39 is 0 Å². The lowest BCUT2D eigenvalue weighted by atomic mass is 9.95. The Morgan fingerprint density at radius 3 is 2.78 bits per heavy atom. The maximum Gasteiger partial charge on any atom is 0.226 e. The minimum atomic E-state index is -0.100. The van der Waals surface area contributed by atoms with Crippen LogP contribution in [0.2, 0.25) is 0 Å². The zero-order valence-electron chi connectivity index (χ0n) is 15.3. The van der Waals surface area contributed by atoms with Gasteiger partial charge in [-0.25, -0.2) is 0 Å². The molecule has 1 amide bonds. The number of hydrogen-bond acceptors (Lipinski definition) is 5. The van der Waals surface area contributed by atoms with Crippen molar-refractivity contribution in [1.29, 1.82) is 0 Å². The van der Waals surface area contributed by atoms with Gasteiger partial charge in [0, 0.05) is 31.5 Å². The van der Waals surface area contributed by atoms with Crippen LogP contribution in [0.15, 0.2) is 36.4 Å². The second-order valence-corrected chi connectivity index (χ2v) is 7.93. The van der Waals surface area contributed by atoms with Crippen molar-refractivity contribution in [2.75, 3.05) is 31.1 Å². The van der Waals surface area contributed by atoms with Gasteiger partial charge in [-0.05, 0) is 43.0 Å². The Labute approximate surface area is 158 Å². The molecule has 1 N–H and O–H groups in total. The zero-order valence-corrected chi connectivity index (χ0v) is 15.3. The van der Waals surface area contributed by atoms with Crippen LogP contribution in [0.3, 0.4) is 0 Å². The van der Waals surface area contributed by atoms with E-state index in [-0.39, 0.29) is 11.8 Å². The average molecular weight is 364 g/mol. The van der Waals surface area contributed by atoms with Crippen molar-refractivity contribution in [2.45, 2.75) is 25.2 Å². The molecule has 0 bridgehead atoms. The highest BCUT2D eigenvalue weighted by Gasteiger charge is 2.31. The van der Waals surface area contributed by atoms with E-state index in [1.165, 1.54) is 12.8 Å². The molecule has 3 heterocycles. The predicted molar refractivity (Wildman–Crippen MR) is 102 cm³/mol. The Bertz CT molecular complexity index is 828. The molecule has 3 aliphatic rings. The van der Waals surface area contributed by atoms with E-state index >= 15 is 0 Å². The van der Waals surface area contributed by atoms with Gasteiger partial charge in [-0.1, -0.05) is 18.2 Å². The summed E-state index contributed by atoms with van der Waals surface area (Å²) in [6, 6.07) is 12.1. The number of nitrogens with zero attached hydrogens (tertiary/aromatic N) is 3. The number of ether oxygens (including phenoxy) is 1. The fourth-order valence-corrected chi connectivity index (χ4v) is 3.87. The maximum absolute atomic E-state index is 12.5. The number of carbonyl (C=O) groups is 1. The summed E-state index contributed by atoms with van der Waals surface area (Å²) in [5.41, 5.74) is 2.24. The highest BCUT2D eigenvalue weighted by molar-refractivity contribution is 5.79. The number of rotatable bonds is 5. The van der Waals surface area contributed by atoms with E-state index in [9.17, 15) is 4.79 Å². The molecule has 1 aromatic heterocycles. The molecule has 6 nitrogen and oxygen atoms in total. The largest absolute Gasteiger partial charge is 0.492 e. The first kappa shape index (κ1) is 16.5. The third-order valence-electron chi connectivity index (χ3n) is 5.76. The van der Waals surface area contributed by atoms with Gasteiger partial charge in [0.2, 0.25) is 5.91 Å². The van der Waals surface area contributed by atoms with Gasteiger partial charge in [0.15, 0.2) is 5.82 Å². The highest BCUT2D eigenvalue weighted by atomic mass is 16.5. The molecule has 1 unspecified atom stereocenters. The lowest BCUT2D eigenvalue weighted by Crippen LogP contribution is -2.52. The van der Waals surface area contributed by atoms with Crippen LogP contribution < -0.4 is 15.0 Å². The first-order chi connectivity index (χ1) is 13.3. The van der Waals surface area contributed by atoms with Crippen LogP contribution in [0.4, 0.5) is 5.82 Å². The fraction of sp³-hybridized carbons (Fsp3) is 0.476. The van der Waals surface area contributed by atoms with Crippen molar-refractivity contribution in [3.05, 3.63) is 47.7 Å². The van der Waals surface area contributed by atoms with E-state index in [2.05, 4.69) is 32.5 Å². The van der Waals surface area contributed by atoms with Crippen molar-refractivity contribution >= 4 is 11.7 Å². The van der Waals surface area contributed by atoms with Crippen LogP contribution in [0.25, 0.3) is 0 Å². The molecule has 27 heavy (non-hydrogen) atoms. The average Bonchev–Trinajstić information content (AvgIpc) is 3.52. The van der Waals surface area contributed by atoms with Gasteiger partial charge in [0.25, 0.3) is 0 Å². The van der Waals surface area contributed by atoms with Gasteiger partial charge >= 0.3 is 0 Å². The molecule has 1 saturated carbocycles. The molecule has 1 aromatic carbocycles. The highest BCUT2D eigenvalue weighted by Crippen LogP contribution is 2.39. The first-order valence-electron chi connectivity index (χ1n) is 9.83. The van der Waals surface area contributed by atoms with Gasteiger partial charge in [0.1, 0.15) is 12.4 Å². The van der Waals surface area contributed by atoms with Crippen LogP contribution in [-0.2, 0) is 11.2 Å². The van der Waals surface area contributed by atoms with Crippen LogP contribution >= 0.6 is 0 Å². The summed E-state index contributed by atoms with van der Waals surface area (Å²) in [5.74, 6) is 2.95. The topological polar surface area (TPSA) is 67.4 Å². The summed E-state index contributed by atoms with van der Waals surface area (Å²) in [5, 5.41) is 11.8. The third-order valence-corrected chi connectivity index (χ3v) is 5.76. The van der Waals surface area contributed by atoms with E-state index in [4.69, 9.17) is 4.74 Å². The number of nitrogens with one attached hydrogen (secondary N) is 1. The Morgan fingerprint density at radius 1 is 1.15 bits per heavy atom. The summed E-state index contributed by atoms with van der Waals surface area (Å²) >= 11 is 0. The number of anilines is 1. The predicted octanol–water partition coefficient (Wildman–Crippen LogP) is 2.16. The number of carbonyl (C=O) groups excluding carboxylic acids is 1. The molecule has 140 valence electrons. The second-order valence-electron chi connectivity index (χ2n) is 7.93. The maximum atomic E-state index is 12.5. The van der Waals surface area contributed by atoms with Crippen molar-refractivity contribution in [2.24, 2.45) is 11.8 Å². The van der Waals surface area contributed by atoms with E-state index in [0.29, 0.717) is 25.0 Å². The molecule has 6 heteroatoms. The van der Waals surface area contributed by atoms with E-state index in [1.807, 2.05) is 24.3 Å². The Morgan fingerprint density at radius 2 is 2.00 bits per heavy atom. The Hall–Kier alpha value is -2.63. The molecule has 2 aliphatic heterocycles. The number of hydrogen-bond donors (Lipinski definition) is 1. The quantitative estimate of drug-likeness (QED) is 0.881. The number of para-hydroxylation sites is 1. The van der Waals surface area contributed by atoms with Crippen LogP contribution in [0.1, 0.15) is 30.0 Å². The van der Waals surface area contributed by atoms with Gasteiger partial charge < -0.3 is 15.0 Å². The molecule has 1 aliphatic carbocycles. The molecule has 5 rings (SSSR count). The van der Waals surface area contributed by atoms with Crippen molar-refractivity contribution < 1.29 is 9.53 Å². The summed E-state index contributed by atoms with van der Waals surface area (Å²) in [6.45, 7) is 3.01. The summed E-state index contributed by atoms with van der Waals surface area (Å²) < 4.78 is 5.73. The van der Waals surface area contributed by atoms with Gasteiger partial charge in [-0.2, -0.15) is 5.10 Å². The SMILES string of the molecule is O=C(NCC1CN(c2ccc(C3CC3)nn2)C1)C1COc2ccccc2C1. The van der Waals surface area contributed by atoms with Gasteiger partial charge in [-0.15, -0.1) is 5.10 Å². The van der Waals surface area contributed by atoms with Crippen molar-refractivity contribution in [3.8, 4) is 5.75 Å². The van der Waals surface area contributed by atoms with Crippen molar-refractivity contribution in [1.82, 2.24) is 15.5 Å². The Kier molecular flexibility index (Phi) is 4.19. The molecular weight excluding hydrogens is 340 g/mol. The van der Waals surface area contributed by atoms with Crippen LogP contribution in [0.5, 0.6) is 5.75 Å². The lowest BCUT2D eigenvalue weighted by molar-refractivity contribution is -0.126. The van der Waals surface area contributed by atoms with Gasteiger partial charge in [-0.3, -0.25) is 4.79 Å². The van der Waals surface area contributed by atoms with Crippen LogP contribution in [-0.4, -0.2) is 42.3 Å². The molecular formula is C21H24N4O2. The second kappa shape index (κ2) is 6.83. The minimum Gasteiger partial charge on any atom is -0.492 e. The summed E-state index contributed by atoms with van der Waals surface area (Å²) in [6.07, 6.45) is 3.25. The van der Waals surface area contributed by atoms with Crippen LogP contribution in [0, 0.1) is 11.8 Å². The molecule has 0 spiro atoms. The molecule has 1 saturated heterocycles. The number of fused-ring (bicyclic) bond motifs is 1. The van der Waals surface area contributed by atoms with E-state index in [1.54, 1.807) is 0 Å². The third kappa shape index (κ3) is 3.48. The number of aromatic nitrogens is 2. The molecule has 0 radical (unpaired) electrons. The Balaban J connectivity index is 1.08. The van der Waals surface area contributed by atoms with E-state index in [0.717, 1.165) is 42.3 Å². The lowest BCUT2D eigenvalue weighted by Gasteiger charge is -2.40.